The molecule has 0 unspecified atom stereocenters. The summed E-state index contributed by atoms with van der Waals surface area (Å²) in [5, 5.41) is 3.44. The van der Waals surface area contributed by atoms with Crippen LogP contribution in [0.1, 0.15) is 25.8 Å². The molecule has 2 atom stereocenters. The molecule has 21 heavy (non-hydrogen) atoms. The first-order chi connectivity index (χ1) is 10.2. The predicted octanol–water partition coefficient (Wildman–Crippen LogP) is 3.01. The number of piperidine rings is 1. The molecule has 1 aromatic carbocycles. The summed E-state index contributed by atoms with van der Waals surface area (Å²) >= 11 is 0. The summed E-state index contributed by atoms with van der Waals surface area (Å²) in [7, 11) is 1.53. The molecule has 5 heteroatoms. The van der Waals surface area contributed by atoms with E-state index in [-0.39, 0.29) is 5.82 Å². The third kappa shape index (κ3) is 2.78. The van der Waals surface area contributed by atoms with Gasteiger partial charge in [-0.1, -0.05) is 0 Å². The second-order valence-corrected chi connectivity index (χ2v) is 5.54. The van der Waals surface area contributed by atoms with Crippen molar-refractivity contribution in [1.29, 1.82) is 0 Å². The lowest BCUT2D eigenvalue weighted by atomic mass is 10.00. The van der Waals surface area contributed by atoms with E-state index in [1.807, 2.05) is 6.20 Å². The third-order valence-electron chi connectivity index (χ3n) is 4.08. The molecule has 0 aliphatic carbocycles. The van der Waals surface area contributed by atoms with Crippen LogP contribution in [-0.4, -0.2) is 29.2 Å². The van der Waals surface area contributed by atoms with Crippen molar-refractivity contribution in [2.45, 2.75) is 31.8 Å². The Hall–Kier alpha value is -1.88. The van der Waals surface area contributed by atoms with E-state index in [1.54, 1.807) is 18.3 Å². The van der Waals surface area contributed by atoms with Gasteiger partial charge in [-0.05, 0) is 38.4 Å². The zero-order chi connectivity index (χ0) is 14.8. The zero-order valence-corrected chi connectivity index (χ0v) is 12.3. The molecule has 0 saturated carbocycles. The Bertz CT molecular complexity index is 626. The number of benzene rings is 1. The number of imidazole rings is 1. The highest BCUT2D eigenvalue weighted by Crippen LogP contribution is 2.30. The van der Waals surface area contributed by atoms with Gasteiger partial charge in [0.1, 0.15) is 17.4 Å². The Morgan fingerprint density at radius 3 is 3.00 bits per heavy atom. The predicted molar refractivity (Wildman–Crippen MR) is 79.9 cm³/mol. The summed E-state index contributed by atoms with van der Waals surface area (Å²) in [4.78, 5) is 4.36. The Labute approximate surface area is 124 Å². The summed E-state index contributed by atoms with van der Waals surface area (Å²) in [6, 6.07) is 5.74. The van der Waals surface area contributed by atoms with Crippen LogP contribution in [0.4, 0.5) is 4.39 Å². The molecule has 1 aliphatic heterocycles. The fourth-order valence-corrected chi connectivity index (χ4v) is 2.98. The molecule has 1 N–H and O–H groups in total. The topological polar surface area (TPSA) is 39.1 Å². The molecule has 112 valence electrons. The van der Waals surface area contributed by atoms with Crippen molar-refractivity contribution in [2.75, 3.05) is 13.7 Å². The molecule has 1 aromatic heterocycles. The molecule has 1 fully saturated rings. The number of ether oxygens (including phenoxy) is 1. The van der Waals surface area contributed by atoms with Crippen LogP contribution in [0.5, 0.6) is 5.75 Å². The third-order valence-corrected chi connectivity index (χ3v) is 4.08. The molecule has 3 rings (SSSR count). The highest BCUT2D eigenvalue weighted by Gasteiger charge is 2.23. The lowest BCUT2D eigenvalue weighted by molar-refractivity contribution is 0.315. The fourth-order valence-electron chi connectivity index (χ4n) is 2.98. The van der Waals surface area contributed by atoms with E-state index in [0.29, 0.717) is 29.2 Å². The molecule has 1 aliphatic rings. The Morgan fingerprint density at radius 2 is 2.29 bits per heavy atom. The molecule has 2 heterocycles. The molecular weight excluding hydrogens is 269 g/mol. The van der Waals surface area contributed by atoms with Crippen molar-refractivity contribution < 1.29 is 9.13 Å². The maximum absolute atomic E-state index is 14.3. The van der Waals surface area contributed by atoms with Gasteiger partial charge in [0.05, 0.1) is 12.7 Å². The summed E-state index contributed by atoms with van der Waals surface area (Å²) in [5.74, 6) is 0.905. The average molecular weight is 289 g/mol. The van der Waals surface area contributed by atoms with Gasteiger partial charge in [0.15, 0.2) is 0 Å². The summed E-state index contributed by atoms with van der Waals surface area (Å²) < 4.78 is 21.4. The molecule has 0 bridgehead atoms. The number of hydrogen-bond acceptors (Lipinski definition) is 3. The minimum atomic E-state index is -0.302. The highest BCUT2D eigenvalue weighted by molar-refractivity contribution is 5.58. The van der Waals surface area contributed by atoms with Gasteiger partial charge in [-0.25, -0.2) is 9.37 Å². The van der Waals surface area contributed by atoms with E-state index in [0.717, 1.165) is 19.4 Å². The lowest BCUT2D eigenvalue weighted by Crippen LogP contribution is -2.36. The van der Waals surface area contributed by atoms with E-state index >= 15 is 0 Å². The van der Waals surface area contributed by atoms with Crippen LogP contribution in [0, 0.1) is 5.82 Å². The Morgan fingerprint density at radius 1 is 1.43 bits per heavy atom. The van der Waals surface area contributed by atoms with Crippen LogP contribution in [-0.2, 0) is 0 Å². The first kappa shape index (κ1) is 14.1. The lowest BCUT2D eigenvalue weighted by Gasteiger charge is -2.30. The number of rotatable bonds is 3. The van der Waals surface area contributed by atoms with E-state index in [4.69, 9.17) is 4.74 Å². The SMILES string of the molecule is COc1ccc(-c2nccn2[C@@H]2CCN[C@@H](C)C2)c(F)c1. The second kappa shape index (κ2) is 5.85. The Kier molecular flexibility index (Phi) is 3.92. The van der Waals surface area contributed by atoms with Crippen molar-refractivity contribution in [2.24, 2.45) is 0 Å². The van der Waals surface area contributed by atoms with Gasteiger partial charge in [-0.2, -0.15) is 0 Å². The monoisotopic (exact) mass is 289 g/mol. The van der Waals surface area contributed by atoms with E-state index < -0.39 is 0 Å². The number of nitrogens with one attached hydrogen (secondary N) is 1. The van der Waals surface area contributed by atoms with Crippen molar-refractivity contribution in [1.82, 2.24) is 14.9 Å². The quantitative estimate of drug-likeness (QED) is 0.944. The van der Waals surface area contributed by atoms with E-state index in [9.17, 15) is 4.39 Å². The van der Waals surface area contributed by atoms with Crippen molar-refractivity contribution in [3.63, 3.8) is 0 Å². The number of hydrogen-bond donors (Lipinski definition) is 1. The standard InChI is InChI=1S/C16H20FN3O/c1-11-9-12(5-6-18-11)20-8-7-19-16(20)14-4-3-13(21-2)10-15(14)17/h3-4,7-8,10-12,18H,5-6,9H2,1-2H3/t11-,12+/m0/s1. The zero-order valence-electron chi connectivity index (χ0n) is 12.3. The maximum Gasteiger partial charge on any atom is 0.143 e. The summed E-state index contributed by atoms with van der Waals surface area (Å²) in [6.45, 7) is 3.16. The molecule has 2 aromatic rings. The number of nitrogens with zero attached hydrogens (tertiary/aromatic N) is 2. The maximum atomic E-state index is 14.3. The van der Waals surface area contributed by atoms with Crippen LogP contribution < -0.4 is 10.1 Å². The Balaban J connectivity index is 1.95. The first-order valence-corrected chi connectivity index (χ1v) is 7.29. The molecule has 0 amide bonds. The van der Waals surface area contributed by atoms with Crippen molar-refractivity contribution >= 4 is 0 Å². The number of aromatic nitrogens is 2. The van der Waals surface area contributed by atoms with Crippen molar-refractivity contribution in [3.05, 3.63) is 36.4 Å². The summed E-state index contributed by atoms with van der Waals surface area (Å²) in [5.41, 5.74) is 0.520. The van der Waals surface area contributed by atoms with E-state index in [2.05, 4.69) is 21.8 Å². The van der Waals surface area contributed by atoms with Crippen molar-refractivity contribution in [3.8, 4) is 17.1 Å². The molecular formula is C16H20FN3O. The van der Waals surface area contributed by atoms with Crippen LogP contribution in [0.15, 0.2) is 30.6 Å². The minimum Gasteiger partial charge on any atom is -0.497 e. The second-order valence-electron chi connectivity index (χ2n) is 5.54. The largest absolute Gasteiger partial charge is 0.497 e. The van der Waals surface area contributed by atoms with Gasteiger partial charge in [-0.15, -0.1) is 0 Å². The van der Waals surface area contributed by atoms with E-state index in [1.165, 1.54) is 13.2 Å². The first-order valence-electron chi connectivity index (χ1n) is 7.29. The van der Waals surface area contributed by atoms with Crippen LogP contribution in [0.3, 0.4) is 0 Å². The molecule has 1 saturated heterocycles. The normalized spacial score (nSPS) is 22.2. The molecule has 0 radical (unpaired) electrons. The number of methoxy groups -OCH3 is 1. The summed E-state index contributed by atoms with van der Waals surface area (Å²) in [6.07, 6.45) is 5.75. The number of halogens is 1. The van der Waals surface area contributed by atoms with Gasteiger partial charge < -0.3 is 14.6 Å². The molecule has 4 nitrogen and oxygen atoms in total. The van der Waals surface area contributed by atoms with Gasteiger partial charge >= 0.3 is 0 Å². The van der Waals surface area contributed by atoms with Crippen LogP contribution >= 0.6 is 0 Å². The molecule has 0 spiro atoms. The highest BCUT2D eigenvalue weighted by atomic mass is 19.1. The minimum absolute atomic E-state index is 0.302. The van der Waals surface area contributed by atoms with Gasteiger partial charge in [0, 0.05) is 30.5 Å². The van der Waals surface area contributed by atoms with Gasteiger partial charge in [0.2, 0.25) is 0 Å². The van der Waals surface area contributed by atoms with Gasteiger partial charge in [-0.3, -0.25) is 0 Å². The van der Waals surface area contributed by atoms with Gasteiger partial charge in [0.25, 0.3) is 0 Å². The smallest absolute Gasteiger partial charge is 0.143 e. The van der Waals surface area contributed by atoms with Crippen LogP contribution in [0.2, 0.25) is 0 Å². The fraction of sp³-hybridized carbons (Fsp3) is 0.438. The van der Waals surface area contributed by atoms with Crippen LogP contribution in [0.25, 0.3) is 11.4 Å². The average Bonchev–Trinajstić information content (AvgIpc) is 2.96.